The molecule has 2 N–H and O–H groups in total. The van der Waals surface area contributed by atoms with E-state index < -0.39 is 40.1 Å². The Morgan fingerprint density at radius 2 is 1.84 bits per heavy atom. The molecule has 0 bridgehead atoms. The van der Waals surface area contributed by atoms with E-state index in [2.05, 4.69) is 10.3 Å². The van der Waals surface area contributed by atoms with Crippen molar-refractivity contribution in [3.63, 3.8) is 0 Å². The number of sulfonamides is 1. The molecule has 0 spiro atoms. The van der Waals surface area contributed by atoms with Crippen LogP contribution in [-0.4, -0.2) is 66.4 Å². The lowest BCUT2D eigenvalue weighted by Crippen LogP contribution is -2.43. The van der Waals surface area contributed by atoms with E-state index in [-0.39, 0.29) is 22.0 Å². The Morgan fingerprint density at radius 3 is 2.44 bits per heavy atom. The second-order valence-electron chi connectivity index (χ2n) is 6.91. The van der Waals surface area contributed by atoms with Gasteiger partial charge in [0.05, 0.1) is 23.8 Å². The summed E-state index contributed by atoms with van der Waals surface area (Å²) in [6, 6.07) is 5.53. The molecule has 1 atom stereocenters. The van der Waals surface area contributed by atoms with E-state index in [1.165, 1.54) is 38.0 Å². The van der Waals surface area contributed by atoms with Crippen molar-refractivity contribution in [1.82, 2.24) is 14.6 Å². The number of hydrogen-bond acceptors (Lipinski definition) is 7. The maximum Gasteiger partial charge on any atom is 0.305 e. The minimum atomic E-state index is -3.83. The summed E-state index contributed by atoms with van der Waals surface area (Å²) in [5.41, 5.74) is 0.656. The molecule has 12 heteroatoms. The van der Waals surface area contributed by atoms with Gasteiger partial charge in [0, 0.05) is 32.2 Å². The molecule has 172 valence electrons. The number of thioether (sulfide) groups is 1. The predicted molar refractivity (Wildman–Crippen MR) is 116 cm³/mol. The number of Topliss-reactive ketones (excluding diaryl/α,β-unsaturated/α-hetero) is 1. The number of rotatable bonds is 11. The number of aliphatic carboxylic acids is 1. The van der Waals surface area contributed by atoms with E-state index in [1.807, 2.05) is 0 Å². The Hall–Kier alpha value is -2.83. The lowest BCUT2D eigenvalue weighted by Gasteiger charge is -2.16. The summed E-state index contributed by atoms with van der Waals surface area (Å²) >= 11 is 1.19. The molecule has 0 radical (unpaired) electrons. The number of aromatic nitrogens is 1. The number of hydrogen-bond donors (Lipinski definition) is 2. The van der Waals surface area contributed by atoms with E-state index in [4.69, 9.17) is 5.11 Å². The number of nitrogens with one attached hydrogen (secondary N) is 1. The minimum Gasteiger partial charge on any atom is -0.481 e. The predicted octanol–water partition coefficient (Wildman–Crippen LogP) is 1.55. The first-order chi connectivity index (χ1) is 15.0. The number of carboxylic acid groups (broad SMARTS) is 1. The molecule has 1 aromatic heterocycles. The Bertz CT molecular complexity index is 1090. The molecular weight excluding hydrogens is 461 g/mol. The highest BCUT2D eigenvalue weighted by Gasteiger charge is 2.25. The quantitative estimate of drug-likeness (QED) is 0.492. The summed E-state index contributed by atoms with van der Waals surface area (Å²) in [6.07, 6.45) is 1.57. The number of amides is 1. The zero-order valence-corrected chi connectivity index (χ0v) is 19.0. The number of carbonyl (C=O) groups is 3. The summed E-state index contributed by atoms with van der Waals surface area (Å²) in [5, 5.41) is 11.5. The van der Waals surface area contributed by atoms with Crippen molar-refractivity contribution in [2.75, 3.05) is 19.8 Å². The summed E-state index contributed by atoms with van der Waals surface area (Å²) in [6.45, 7) is 0. The van der Waals surface area contributed by atoms with E-state index in [0.29, 0.717) is 5.75 Å². The summed E-state index contributed by atoms with van der Waals surface area (Å²) < 4.78 is 38.4. The molecule has 0 saturated heterocycles. The zero-order chi connectivity index (χ0) is 23.9. The average Bonchev–Trinajstić information content (AvgIpc) is 2.74. The standard InChI is InChI=1S/C20H22FN3O6S2/c1-24(2)32(29,30)16-7-14(9-22-10-16)20(28)23-17(8-19(26)27)18(25)12-31-11-13-3-5-15(21)6-4-13/h3-7,9-10,17H,8,11-12H2,1-2H3,(H,23,28)(H,26,27)/t17-/m0/s1. The molecule has 2 rings (SSSR count). The Balaban J connectivity index is 2.07. The molecule has 0 unspecified atom stereocenters. The van der Waals surface area contributed by atoms with Gasteiger partial charge in [-0.2, -0.15) is 0 Å². The number of halogens is 1. The molecule has 9 nitrogen and oxygen atoms in total. The van der Waals surface area contributed by atoms with E-state index in [1.54, 1.807) is 12.1 Å². The molecule has 2 aromatic rings. The highest BCUT2D eigenvalue weighted by molar-refractivity contribution is 7.99. The summed E-state index contributed by atoms with van der Waals surface area (Å²) in [5.74, 6) is -2.68. The molecule has 1 aromatic carbocycles. The highest BCUT2D eigenvalue weighted by Crippen LogP contribution is 2.16. The Kier molecular flexibility index (Phi) is 8.87. The Morgan fingerprint density at radius 1 is 1.19 bits per heavy atom. The third-order valence-electron chi connectivity index (χ3n) is 4.25. The number of carboxylic acids is 1. The van der Waals surface area contributed by atoms with Crippen LogP contribution < -0.4 is 5.32 Å². The first kappa shape index (κ1) is 25.4. The lowest BCUT2D eigenvalue weighted by molar-refractivity contribution is -0.139. The first-order valence-corrected chi connectivity index (χ1v) is 11.9. The smallest absolute Gasteiger partial charge is 0.305 e. The first-order valence-electron chi connectivity index (χ1n) is 9.26. The monoisotopic (exact) mass is 483 g/mol. The number of carbonyl (C=O) groups excluding carboxylic acids is 2. The van der Waals surface area contributed by atoms with Crippen LogP contribution in [0.4, 0.5) is 4.39 Å². The van der Waals surface area contributed by atoms with Gasteiger partial charge in [-0.15, -0.1) is 11.8 Å². The van der Waals surface area contributed by atoms with Gasteiger partial charge in [0.15, 0.2) is 5.78 Å². The van der Waals surface area contributed by atoms with Crippen LogP contribution in [0.2, 0.25) is 0 Å². The van der Waals surface area contributed by atoms with Gasteiger partial charge < -0.3 is 10.4 Å². The number of benzene rings is 1. The normalized spacial score (nSPS) is 12.4. The van der Waals surface area contributed by atoms with Gasteiger partial charge in [0.2, 0.25) is 10.0 Å². The van der Waals surface area contributed by atoms with Crippen molar-refractivity contribution in [3.05, 3.63) is 59.7 Å². The van der Waals surface area contributed by atoms with Crippen LogP contribution in [0.1, 0.15) is 22.3 Å². The van der Waals surface area contributed by atoms with Crippen molar-refractivity contribution in [3.8, 4) is 0 Å². The zero-order valence-electron chi connectivity index (χ0n) is 17.3. The van der Waals surface area contributed by atoms with Crippen LogP contribution in [-0.2, 0) is 25.4 Å². The summed E-state index contributed by atoms with van der Waals surface area (Å²) in [7, 11) is -1.18. The van der Waals surface area contributed by atoms with E-state index >= 15 is 0 Å². The maximum atomic E-state index is 13.0. The van der Waals surface area contributed by atoms with Crippen LogP contribution in [0.25, 0.3) is 0 Å². The minimum absolute atomic E-state index is 0.0805. The average molecular weight is 484 g/mol. The van der Waals surface area contributed by atoms with Crippen molar-refractivity contribution in [2.24, 2.45) is 0 Å². The van der Waals surface area contributed by atoms with E-state index in [9.17, 15) is 27.2 Å². The van der Waals surface area contributed by atoms with Gasteiger partial charge in [-0.05, 0) is 23.8 Å². The van der Waals surface area contributed by atoms with E-state index in [0.717, 1.165) is 28.3 Å². The number of pyridine rings is 1. The van der Waals surface area contributed by atoms with Crippen molar-refractivity contribution >= 4 is 39.4 Å². The highest BCUT2D eigenvalue weighted by atomic mass is 32.2. The van der Waals surface area contributed by atoms with Gasteiger partial charge in [0.25, 0.3) is 5.91 Å². The van der Waals surface area contributed by atoms with Crippen molar-refractivity contribution in [2.45, 2.75) is 23.1 Å². The number of ketones is 1. The van der Waals surface area contributed by atoms with Crippen LogP contribution >= 0.6 is 11.8 Å². The molecular formula is C20H22FN3O6S2. The van der Waals surface area contributed by atoms with Crippen LogP contribution in [0.5, 0.6) is 0 Å². The fourth-order valence-corrected chi connectivity index (χ4v) is 4.33. The molecule has 0 aliphatic carbocycles. The molecule has 1 heterocycles. The van der Waals surface area contributed by atoms with Crippen LogP contribution in [0.3, 0.4) is 0 Å². The fraction of sp³-hybridized carbons (Fsp3) is 0.300. The second-order valence-corrected chi connectivity index (χ2v) is 10.0. The second kappa shape index (κ2) is 11.2. The molecule has 0 fully saturated rings. The van der Waals surface area contributed by atoms with Crippen molar-refractivity contribution < 1.29 is 32.3 Å². The van der Waals surface area contributed by atoms with Gasteiger partial charge in [-0.25, -0.2) is 17.1 Å². The molecule has 1 amide bonds. The lowest BCUT2D eigenvalue weighted by atomic mass is 10.1. The fourth-order valence-electron chi connectivity index (χ4n) is 2.51. The van der Waals surface area contributed by atoms with Gasteiger partial charge >= 0.3 is 5.97 Å². The largest absolute Gasteiger partial charge is 0.481 e. The van der Waals surface area contributed by atoms with Gasteiger partial charge in [-0.3, -0.25) is 19.4 Å². The maximum absolute atomic E-state index is 13.0. The van der Waals surface area contributed by atoms with Gasteiger partial charge in [-0.1, -0.05) is 12.1 Å². The van der Waals surface area contributed by atoms with Gasteiger partial charge in [0.1, 0.15) is 10.7 Å². The van der Waals surface area contributed by atoms with Crippen molar-refractivity contribution in [1.29, 1.82) is 0 Å². The molecule has 32 heavy (non-hydrogen) atoms. The van der Waals surface area contributed by atoms with Crippen LogP contribution in [0, 0.1) is 5.82 Å². The molecule has 0 aliphatic rings. The SMILES string of the molecule is CN(C)S(=O)(=O)c1cncc(C(=O)N[C@@H](CC(=O)O)C(=O)CSCc2ccc(F)cc2)c1. The topological polar surface area (TPSA) is 134 Å². The van der Waals surface area contributed by atoms with Crippen LogP contribution in [0.15, 0.2) is 47.6 Å². The number of nitrogens with zero attached hydrogens (tertiary/aromatic N) is 2. The summed E-state index contributed by atoms with van der Waals surface area (Å²) in [4.78, 5) is 39.8. The Labute approximate surface area is 189 Å². The molecule has 0 saturated carbocycles. The molecule has 0 aliphatic heterocycles. The third kappa shape index (κ3) is 7.11. The third-order valence-corrected chi connectivity index (χ3v) is 7.06.